The fourth-order valence-electron chi connectivity index (χ4n) is 1.84. The molecule has 1 aliphatic heterocycles. The molecule has 0 spiro atoms. The molecule has 1 aliphatic rings. The third kappa shape index (κ3) is 1.79. The van der Waals surface area contributed by atoms with Gasteiger partial charge in [0.2, 0.25) is 0 Å². The zero-order chi connectivity index (χ0) is 9.97. The van der Waals surface area contributed by atoms with E-state index < -0.39 is 0 Å². The smallest absolute Gasteiger partial charge is 0.123 e. The highest BCUT2D eigenvalue weighted by molar-refractivity contribution is 5.32. The molecule has 2 rings (SSSR count). The fourth-order valence-corrected chi connectivity index (χ4v) is 1.84. The number of aliphatic hydroxyl groups excluding tert-OH is 1. The van der Waals surface area contributed by atoms with Crippen molar-refractivity contribution in [2.75, 3.05) is 19.8 Å². The minimum Gasteiger partial charge on any atom is -0.396 e. The summed E-state index contributed by atoms with van der Waals surface area (Å²) in [6.07, 6.45) is 0.726. The van der Waals surface area contributed by atoms with Crippen LogP contribution in [0.3, 0.4) is 0 Å². The lowest BCUT2D eigenvalue weighted by Crippen LogP contribution is -2.10. The fraction of sp³-hybridized carbons (Fsp3) is 0.455. The van der Waals surface area contributed by atoms with Crippen molar-refractivity contribution in [3.05, 3.63) is 35.1 Å². The molecule has 1 N–H and O–H groups in total. The summed E-state index contributed by atoms with van der Waals surface area (Å²) >= 11 is 0. The molecule has 1 aromatic carbocycles. The summed E-state index contributed by atoms with van der Waals surface area (Å²) in [4.78, 5) is 0. The van der Waals surface area contributed by atoms with Crippen LogP contribution in [-0.4, -0.2) is 24.9 Å². The minimum absolute atomic E-state index is 0.00639. The van der Waals surface area contributed by atoms with E-state index in [0.717, 1.165) is 17.5 Å². The Hall–Kier alpha value is -0.930. The van der Waals surface area contributed by atoms with Crippen LogP contribution in [-0.2, 0) is 11.2 Å². The maximum atomic E-state index is 13.0. The Balaban J connectivity index is 2.39. The van der Waals surface area contributed by atoms with Gasteiger partial charge in [-0.25, -0.2) is 4.39 Å². The third-order valence-corrected chi connectivity index (χ3v) is 2.60. The Bertz CT molecular complexity index is 325. The molecule has 0 fully saturated rings. The van der Waals surface area contributed by atoms with Crippen LogP contribution in [0.1, 0.15) is 17.0 Å². The average molecular weight is 196 g/mol. The molecule has 0 aliphatic carbocycles. The van der Waals surface area contributed by atoms with Gasteiger partial charge in [0.15, 0.2) is 0 Å². The van der Waals surface area contributed by atoms with Crippen LogP contribution in [0.2, 0.25) is 0 Å². The van der Waals surface area contributed by atoms with Gasteiger partial charge in [0, 0.05) is 5.92 Å². The predicted molar refractivity (Wildman–Crippen MR) is 50.7 cm³/mol. The second-order valence-corrected chi connectivity index (χ2v) is 3.55. The van der Waals surface area contributed by atoms with E-state index in [1.165, 1.54) is 12.1 Å². The van der Waals surface area contributed by atoms with Gasteiger partial charge in [-0.2, -0.15) is 0 Å². The number of fused-ring (bicyclic) bond motifs is 1. The van der Waals surface area contributed by atoms with E-state index in [2.05, 4.69) is 0 Å². The Morgan fingerprint density at radius 1 is 1.50 bits per heavy atom. The van der Waals surface area contributed by atoms with Crippen molar-refractivity contribution in [3.63, 3.8) is 0 Å². The van der Waals surface area contributed by atoms with Crippen LogP contribution in [0.4, 0.5) is 4.39 Å². The summed E-state index contributed by atoms with van der Waals surface area (Å²) in [7, 11) is 0. The number of rotatable bonds is 1. The van der Waals surface area contributed by atoms with Gasteiger partial charge in [-0.3, -0.25) is 0 Å². The summed E-state index contributed by atoms with van der Waals surface area (Å²) < 4.78 is 18.3. The van der Waals surface area contributed by atoms with Crippen molar-refractivity contribution in [1.29, 1.82) is 0 Å². The van der Waals surface area contributed by atoms with E-state index >= 15 is 0 Å². The molecule has 0 saturated carbocycles. The first-order valence-electron chi connectivity index (χ1n) is 4.78. The molecule has 0 aromatic heterocycles. The Morgan fingerprint density at radius 2 is 2.36 bits per heavy atom. The van der Waals surface area contributed by atoms with Crippen LogP contribution in [0.15, 0.2) is 18.2 Å². The molecule has 0 saturated heterocycles. The summed E-state index contributed by atoms with van der Waals surface area (Å²) in [5.74, 6) is -0.226. The van der Waals surface area contributed by atoms with E-state index in [1.54, 1.807) is 6.07 Å². The van der Waals surface area contributed by atoms with Crippen LogP contribution in [0.5, 0.6) is 0 Å². The topological polar surface area (TPSA) is 29.5 Å². The van der Waals surface area contributed by atoms with E-state index in [1.807, 2.05) is 0 Å². The monoisotopic (exact) mass is 196 g/mol. The van der Waals surface area contributed by atoms with Crippen molar-refractivity contribution in [1.82, 2.24) is 0 Å². The van der Waals surface area contributed by atoms with Gasteiger partial charge in [-0.05, 0) is 29.7 Å². The van der Waals surface area contributed by atoms with E-state index in [0.29, 0.717) is 13.2 Å². The molecule has 76 valence electrons. The summed E-state index contributed by atoms with van der Waals surface area (Å²) in [5.41, 5.74) is 1.98. The van der Waals surface area contributed by atoms with Gasteiger partial charge >= 0.3 is 0 Å². The molecule has 3 heteroatoms. The van der Waals surface area contributed by atoms with Gasteiger partial charge in [-0.1, -0.05) is 6.07 Å². The van der Waals surface area contributed by atoms with Crippen molar-refractivity contribution in [2.24, 2.45) is 0 Å². The molecule has 1 aromatic rings. The summed E-state index contributed by atoms with van der Waals surface area (Å²) in [5, 5.41) is 9.16. The molecule has 1 unspecified atom stereocenters. The molecular formula is C11H13FO2. The highest BCUT2D eigenvalue weighted by atomic mass is 19.1. The van der Waals surface area contributed by atoms with Gasteiger partial charge < -0.3 is 9.84 Å². The van der Waals surface area contributed by atoms with Crippen molar-refractivity contribution < 1.29 is 14.2 Å². The predicted octanol–water partition coefficient (Wildman–Crippen LogP) is 1.47. The molecule has 2 nitrogen and oxygen atoms in total. The van der Waals surface area contributed by atoms with E-state index in [9.17, 15) is 4.39 Å². The summed E-state index contributed by atoms with van der Waals surface area (Å²) in [6.45, 7) is 1.18. The molecule has 0 amide bonds. The van der Waals surface area contributed by atoms with Crippen LogP contribution < -0.4 is 0 Å². The van der Waals surface area contributed by atoms with Crippen molar-refractivity contribution in [2.45, 2.75) is 12.3 Å². The van der Waals surface area contributed by atoms with E-state index in [4.69, 9.17) is 9.84 Å². The first-order valence-corrected chi connectivity index (χ1v) is 4.78. The third-order valence-electron chi connectivity index (χ3n) is 2.60. The van der Waals surface area contributed by atoms with Crippen LogP contribution in [0, 0.1) is 5.82 Å². The molecule has 0 bridgehead atoms. The summed E-state index contributed by atoms with van der Waals surface area (Å²) in [6, 6.07) is 4.72. The number of hydrogen-bond donors (Lipinski definition) is 1. The second kappa shape index (κ2) is 4.07. The lowest BCUT2D eigenvalue weighted by Gasteiger charge is -2.13. The Kier molecular flexibility index (Phi) is 2.79. The zero-order valence-electron chi connectivity index (χ0n) is 7.87. The highest BCUT2D eigenvalue weighted by Crippen LogP contribution is 2.24. The number of ether oxygens (including phenoxy) is 1. The highest BCUT2D eigenvalue weighted by Gasteiger charge is 2.18. The van der Waals surface area contributed by atoms with Gasteiger partial charge in [0.05, 0.1) is 19.8 Å². The van der Waals surface area contributed by atoms with Gasteiger partial charge in [0.1, 0.15) is 5.82 Å². The number of hydrogen-bond acceptors (Lipinski definition) is 2. The largest absolute Gasteiger partial charge is 0.396 e. The Labute approximate surface area is 82.3 Å². The first-order chi connectivity index (χ1) is 6.81. The number of benzene rings is 1. The average Bonchev–Trinajstić information content (AvgIpc) is 2.38. The molecular weight excluding hydrogens is 183 g/mol. The van der Waals surface area contributed by atoms with Crippen molar-refractivity contribution >= 4 is 0 Å². The van der Waals surface area contributed by atoms with Gasteiger partial charge in [-0.15, -0.1) is 0 Å². The van der Waals surface area contributed by atoms with Gasteiger partial charge in [0.25, 0.3) is 0 Å². The Morgan fingerprint density at radius 3 is 3.14 bits per heavy atom. The SMILES string of the molecule is OCC1COCCc2cc(F)ccc21. The standard InChI is InChI=1S/C11H13FO2/c12-10-1-2-11-8(5-10)3-4-14-7-9(11)6-13/h1-2,5,9,13H,3-4,6-7H2. The molecule has 1 heterocycles. The first kappa shape index (κ1) is 9.62. The second-order valence-electron chi connectivity index (χ2n) is 3.55. The minimum atomic E-state index is -0.220. The molecule has 1 atom stereocenters. The maximum Gasteiger partial charge on any atom is 0.123 e. The van der Waals surface area contributed by atoms with E-state index in [-0.39, 0.29) is 18.3 Å². The van der Waals surface area contributed by atoms with Crippen LogP contribution in [0.25, 0.3) is 0 Å². The quantitative estimate of drug-likeness (QED) is 0.737. The molecule has 14 heavy (non-hydrogen) atoms. The lowest BCUT2D eigenvalue weighted by atomic mass is 9.95. The maximum absolute atomic E-state index is 13.0. The van der Waals surface area contributed by atoms with Crippen molar-refractivity contribution in [3.8, 4) is 0 Å². The lowest BCUT2D eigenvalue weighted by molar-refractivity contribution is 0.109. The number of halogens is 1. The number of aliphatic hydroxyl groups is 1. The van der Waals surface area contributed by atoms with Crippen LogP contribution >= 0.6 is 0 Å². The molecule has 0 radical (unpaired) electrons. The normalized spacial score (nSPS) is 21.4. The zero-order valence-corrected chi connectivity index (χ0v) is 7.87.